The molecule has 0 unspecified atom stereocenters. The molecule has 7 nitrogen and oxygen atoms in total. The summed E-state index contributed by atoms with van der Waals surface area (Å²) in [4.78, 5) is 12.8. The van der Waals surface area contributed by atoms with Crippen molar-refractivity contribution < 1.29 is 13.2 Å². The van der Waals surface area contributed by atoms with Gasteiger partial charge in [0.25, 0.3) is 10.0 Å². The summed E-state index contributed by atoms with van der Waals surface area (Å²) < 4.78 is 28.5. The predicted molar refractivity (Wildman–Crippen MR) is 131 cm³/mol. The molecule has 168 valence electrons. The Bertz CT molecular complexity index is 1230. The van der Waals surface area contributed by atoms with Gasteiger partial charge >= 0.3 is 0 Å². The summed E-state index contributed by atoms with van der Waals surface area (Å²) in [6, 6.07) is 11.3. The monoisotopic (exact) mass is 508 g/mol. The number of rotatable bonds is 9. The van der Waals surface area contributed by atoms with Crippen molar-refractivity contribution in [2.75, 3.05) is 21.9 Å². The SMILES string of the molecule is C=CCSc1nnc(NC(=O)CN(c2ccc(C)c(Cl)c2)S(=O)(=O)c2ccc(C)cc2)s1. The third-order valence-electron chi connectivity index (χ3n) is 4.32. The average molecular weight is 509 g/mol. The summed E-state index contributed by atoms with van der Waals surface area (Å²) in [5.41, 5.74) is 2.01. The molecule has 3 rings (SSSR count). The number of anilines is 2. The van der Waals surface area contributed by atoms with Crippen LogP contribution in [-0.4, -0.2) is 36.8 Å². The molecule has 0 spiro atoms. The number of aryl methyl sites for hydroxylation is 2. The van der Waals surface area contributed by atoms with Gasteiger partial charge in [0.1, 0.15) is 6.54 Å². The zero-order chi connectivity index (χ0) is 23.3. The van der Waals surface area contributed by atoms with Gasteiger partial charge in [0.05, 0.1) is 10.6 Å². The molecule has 0 saturated heterocycles. The van der Waals surface area contributed by atoms with E-state index in [9.17, 15) is 13.2 Å². The molecule has 0 fully saturated rings. The van der Waals surface area contributed by atoms with Crippen molar-refractivity contribution in [1.82, 2.24) is 10.2 Å². The van der Waals surface area contributed by atoms with E-state index in [2.05, 4.69) is 22.1 Å². The van der Waals surface area contributed by atoms with E-state index in [0.29, 0.717) is 15.1 Å². The minimum absolute atomic E-state index is 0.0756. The highest BCUT2D eigenvalue weighted by Crippen LogP contribution is 2.29. The fourth-order valence-corrected chi connectivity index (χ4v) is 5.74. The molecule has 32 heavy (non-hydrogen) atoms. The molecule has 3 aromatic rings. The van der Waals surface area contributed by atoms with Gasteiger partial charge in [-0.15, -0.1) is 16.8 Å². The number of nitrogens with zero attached hydrogens (tertiary/aromatic N) is 3. The molecule has 1 amide bonds. The summed E-state index contributed by atoms with van der Waals surface area (Å²) >= 11 is 8.88. The van der Waals surface area contributed by atoms with Crippen LogP contribution in [0.1, 0.15) is 11.1 Å². The molecule has 0 aliphatic rings. The molecule has 0 bridgehead atoms. The molecule has 0 aliphatic carbocycles. The van der Waals surface area contributed by atoms with Gasteiger partial charge in [-0.2, -0.15) is 0 Å². The number of hydrogen-bond acceptors (Lipinski definition) is 7. The van der Waals surface area contributed by atoms with Crippen LogP contribution in [0.3, 0.4) is 0 Å². The number of sulfonamides is 1. The Kier molecular flexibility index (Phi) is 7.94. The second kappa shape index (κ2) is 10.5. The fourth-order valence-electron chi connectivity index (χ4n) is 2.63. The zero-order valence-electron chi connectivity index (χ0n) is 17.4. The Morgan fingerprint density at radius 3 is 2.59 bits per heavy atom. The first-order valence-corrected chi connectivity index (χ1v) is 13.1. The van der Waals surface area contributed by atoms with E-state index in [0.717, 1.165) is 15.4 Å². The number of benzene rings is 2. The topological polar surface area (TPSA) is 92.3 Å². The van der Waals surface area contributed by atoms with Gasteiger partial charge in [0.2, 0.25) is 11.0 Å². The summed E-state index contributed by atoms with van der Waals surface area (Å²) in [6.45, 7) is 6.88. The van der Waals surface area contributed by atoms with E-state index < -0.39 is 22.5 Å². The minimum atomic E-state index is -4.03. The number of amides is 1. The Balaban J connectivity index is 1.89. The Hall–Kier alpha value is -2.40. The third kappa shape index (κ3) is 5.89. The Morgan fingerprint density at radius 1 is 1.22 bits per heavy atom. The first-order chi connectivity index (χ1) is 15.2. The fraction of sp³-hybridized carbons (Fsp3) is 0.190. The van der Waals surface area contributed by atoms with E-state index in [1.165, 1.54) is 41.3 Å². The van der Waals surface area contributed by atoms with Crippen molar-refractivity contribution in [3.8, 4) is 0 Å². The number of halogens is 1. The van der Waals surface area contributed by atoms with Crippen LogP contribution in [0, 0.1) is 13.8 Å². The predicted octanol–water partition coefficient (Wildman–Crippen LogP) is 4.92. The van der Waals surface area contributed by atoms with E-state index in [1.54, 1.807) is 30.3 Å². The van der Waals surface area contributed by atoms with E-state index >= 15 is 0 Å². The average Bonchev–Trinajstić information content (AvgIpc) is 3.20. The second-order valence-electron chi connectivity index (χ2n) is 6.78. The van der Waals surface area contributed by atoms with Crippen LogP contribution in [0.2, 0.25) is 5.02 Å². The summed E-state index contributed by atoms with van der Waals surface area (Å²) in [5.74, 6) is 0.119. The van der Waals surface area contributed by atoms with Crippen LogP contribution in [0.4, 0.5) is 10.8 Å². The lowest BCUT2D eigenvalue weighted by Gasteiger charge is -2.24. The lowest BCUT2D eigenvalue weighted by atomic mass is 10.2. The number of aromatic nitrogens is 2. The van der Waals surface area contributed by atoms with Gasteiger partial charge in [0.15, 0.2) is 4.34 Å². The number of carbonyl (C=O) groups excluding carboxylic acids is 1. The molecule has 0 aliphatic heterocycles. The van der Waals surface area contributed by atoms with Gasteiger partial charge in [-0.3, -0.25) is 14.4 Å². The van der Waals surface area contributed by atoms with E-state index in [1.807, 2.05) is 13.8 Å². The molecule has 0 atom stereocenters. The van der Waals surface area contributed by atoms with Crippen molar-refractivity contribution in [2.24, 2.45) is 0 Å². The number of nitrogens with one attached hydrogen (secondary N) is 1. The maximum atomic E-state index is 13.4. The quantitative estimate of drug-likeness (QED) is 0.250. The van der Waals surface area contributed by atoms with Gasteiger partial charge in [-0.1, -0.05) is 64.5 Å². The molecule has 1 aromatic heterocycles. The third-order valence-corrected chi connectivity index (χ3v) is 8.48. The molecule has 1 N–H and O–H groups in total. The van der Waals surface area contributed by atoms with Crippen LogP contribution in [0.5, 0.6) is 0 Å². The van der Waals surface area contributed by atoms with Crippen LogP contribution >= 0.6 is 34.7 Å². The molecule has 1 heterocycles. The van der Waals surface area contributed by atoms with Crippen LogP contribution in [0.15, 0.2) is 64.4 Å². The lowest BCUT2D eigenvalue weighted by Crippen LogP contribution is -2.38. The van der Waals surface area contributed by atoms with Crippen molar-refractivity contribution in [1.29, 1.82) is 0 Å². The highest BCUT2D eigenvalue weighted by Gasteiger charge is 2.28. The highest BCUT2D eigenvalue weighted by molar-refractivity contribution is 8.01. The maximum Gasteiger partial charge on any atom is 0.264 e. The van der Waals surface area contributed by atoms with Gasteiger partial charge in [0, 0.05) is 10.8 Å². The smallest absolute Gasteiger partial charge is 0.264 e. The van der Waals surface area contributed by atoms with Gasteiger partial charge in [-0.05, 0) is 43.7 Å². The number of carbonyl (C=O) groups is 1. The summed E-state index contributed by atoms with van der Waals surface area (Å²) in [5, 5.41) is 11.2. The van der Waals surface area contributed by atoms with Crippen molar-refractivity contribution in [2.45, 2.75) is 23.1 Å². The number of thioether (sulfide) groups is 1. The van der Waals surface area contributed by atoms with E-state index in [4.69, 9.17) is 11.6 Å². The first kappa shape index (κ1) is 24.2. The maximum absolute atomic E-state index is 13.4. The van der Waals surface area contributed by atoms with Crippen molar-refractivity contribution in [3.05, 3.63) is 71.3 Å². The summed E-state index contributed by atoms with van der Waals surface area (Å²) in [7, 11) is -4.03. The van der Waals surface area contributed by atoms with Crippen LogP contribution < -0.4 is 9.62 Å². The number of hydrogen-bond donors (Lipinski definition) is 1. The van der Waals surface area contributed by atoms with Gasteiger partial charge in [-0.25, -0.2) is 8.42 Å². The lowest BCUT2D eigenvalue weighted by molar-refractivity contribution is -0.114. The standard InChI is InChI=1S/C21H21ClN4O3S3/c1-4-11-30-21-25-24-20(31-21)23-19(27)13-26(16-8-7-15(3)18(22)12-16)32(28,29)17-9-5-14(2)6-10-17/h4-10,12H,1,11,13H2,2-3H3,(H,23,24,27). The zero-order valence-corrected chi connectivity index (χ0v) is 20.6. The second-order valence-corrected chi connectivity index (χ2v) is 11.3. The van der Waals surface area contributed by atoms with Crippen molar-refractivity contribution >= 4 is 61.4 Å². The molecule has 0 saturated carbocycles. The normalized spacial score (nSPS) is 11.2. The van der Waals surface area contributed by atoms with Gasteiger partial charge < -0.3 is 0 Å². The van der Waals surface area contributed by atoms with Crippen LogP contribution in [-0.2, 0) is 14.8 Å². The molecule has 0 radical (unpaired) electrons. The highest BCUT2D eigenvalue weighted by atomic mass is 35.5. The van der Waals surface area contributed by atoms with Crippen molar-refractivity contribution in [3.63, 3.8) is 0 Å². The van der Waals surface area contributed by atoms with Crippen LogP contribution in [0.25, 0.3) is 0 Å². The minimum Gasteiger partial charge on any atom is -0.299 e. The molecule has 11 heteroatoms. The molecule has 2 aromatic carbocycles. The molecular formula is C21H21ClN4O3S3. The Morgan fingerprint density at radius 2 is 1.94 bits per heavy atom. The largest absolute Gasteiger partial charge is 0.299 e. The molecular weight excluding hydrogens is 488 g/mol. The summed E-state index contributed by atoms with van der Waals surface area (Å²) in [6.07, 6.45) is 1.74. The Labute approximate surface area is 200 Å². The first-order valence-electron chi connectivity index (χ1n) is 9.43. The van der Waals surface area contributed by atoms with E-state index in [-0.39, 0.29) is 15.7 Å².